The van der Waals surface area contributed by atoms with Gasteiger partial charge in [-0.1, -0.05) is 0 Å². The molecule has 1 unspecified atom stereocenters. The molecule has 4 nitrogen and oxygen atoms in total. The normalized spacial score (nSPS) is 11.8. The van der Waals surface area contributed by atoms with Gasteiger partial charge in [0.05, 0.1) is 12.4 Å². The number of amides is 1. The minimum absolute atomic E-state index is 0.0771. The summed E-state index contributed by atoms with van der Waals surface area (Å²) >= 11 is 0.925. The Labute approximate surface area is 119 Å². The van der Waals surface area contributed by atoms with Gasteiger partial charge in [0.15, 0.2) is 0 Å². The molecule has 1 atom stereocenters. The van der Waals surface area contributed by atoms with Crippen LogP contribution >= 0.6 is 11.8 Å². The number of esters is 1. The van der Waals surface area contributed by atoms with E-state index in [4.69, 9.17) is 4.74 Å². The van der Waals surface area contributed by atoms with Gasteiger partial charge in [0.1, 0.15) is 17.7 Å². The fourth-order valence-corrected chi connectivity index (χ4v) is 2.08. The lowest BCUT2D eigenvalue weighted by atomic mass is 10.3. The van der Waals surface area contributed by atoms with Crippen molar-refractivity contribution in [3.63, 3.8) is 0 Å². The van der Waals surface area contributed by atoms with E-state index in [2.05, 4.69) is 5.32 Å². The Morgan fingerprint density at radius 2 is 2.10 bits per heavy atom. The number of thioether (sulfide) groups is 1. The molecule has 1 aromatic carbocycles. The predicted octanol–water partition coefficient (Wildman–Crippen LogP) is 2.12. The minimum atomic E-state index is -0.763. The highest BCUT2D eigenvalue weighted by molar-refractivity contribution is 8.00. The van der Waals surface area contributed by atoms with Gasteiger partial charge in [0.2, 0.25) is 5.91 Å². The quantitative estimate of drug-likeness (QED) is 0.646. The lowest BCUT2D eigenvalue weighted by Gasteiger charge is -2.12. The molecule has 0 spiro atoms. The van der Waals surface area contributed by atoms with Gasteiger partial charge in [-0.15, -0.1) is 11.8 Å². The van der Waals surface area contributed by atoms with Gasteiger partial charge < -0.3 is 10.1 Å². The van der Waals surface area contributed by atoms with Crippen LogP contribution in [0.25, 0.3) is 0 Å². The Hall–Kier alpha value is -1.63. The summed E-state index contributed by atoms with van der Waals surface area (Å²) in [4.78, 5) is 23.0. The van der Waals surface area contributed by atoms with Crippen LogP contribution in [0.5, 0.6) is 0 Å². The zero-order valence-corrected chi connectivity index (χ0v) is 11.9. The maximum absolute atomic E-state index is 13.3. The van der Waals surface area contributed by atoms with Crippen LogP contribution in [-0.2, 0) is 14.3 Å². The van der Waals surface area contributed by atoms with Crippen LogP contribution in [0.4, 0.5) is 8.78 Å². The summed E-state index contributed by atoms with van der Waals surface area (Å²) in [5.74, 6) is -2.43. The van der Waals surface area contributed by atoms with E-state index in [1.54, 1.807) is 6.92 Å². The molecule has 1 amide bonds. The lowest BCUT2D eigenvalue weighted by Crippen LogP contribution is -2.40. The first-order valence-electron chi connectivity index (χ1n) is 5.98. The molecular formula is C13H15F2NO3S. The molecule has 1 rings (SSSR count). The average molecular weight is 303 g/mol. The summed E-state index contributed by atoms with van der Waals surface area (Å²) in [5, 5.41) is 2.43. The molecule has 0 bridgehead atoms. The van der Waals surface area contributed by atoms with Crippen molar-refractivity contribution in [2.45, 2.75) is 24.8 Å². The number of hydrogen-bond donors (Lipinski definition) is 1. The van der Waals surface area contributed by atoms with Crippen molar-refractivity contribution in [3.05, 3.63) is 29.8 Å². The smallest absolute Gasteiger partial charge is 0.328 e. The van der Waals surface area contributed by atoms with E-state index >= 15 is 0 Å². The third kappa shape index (κ3) is 5.16. The predicted molar refractivity (Wildman–Crippen MR) is 71.3 cm³/mol. The Bertz CT molecular complexity index is 497. The maximum atomic E-state index is 13.3. The van der Waals surface area contributed by atoms with E-state index in [1.807, 2.05) is 0 Å². The summed E-state index contributed by atoms with van der Waals surface area (Å²) in [5.41, 5.74) is 0. The van der Waals surface area contributed by atoms with E-state index in [1.165, 1.54) is 13.0 Å². The number of rotatable bonds is 6. The van der Waals surface area contributed by atoms with Crippen LogP contribution in [0.3, 0.4) is 0 Å². The van der Waals surface area contributed by atoms with Crippen molar-refractivity contribution in [1.29, 1.82) is 0 Å². The SMILES string of the molecule is CCOC(=O)C(C)NC(=O)CSc1ccc(F)cc1F. The summed E-state index contributed by atoms with van der Waals surface area (Å²) in [7, 11) is 0. The monoisotopic (exact) mass is 303 g/mol. The van der Waals surface area contributed by atoms with Gasteiger partial charge in [-0.3, -0.25) is 4.79 Å². The summed E-state index contributed by atoms with van der Waals surface area (Å²) in [6.07, 6.45) is 0. The first-order chi connectivity index (χ1) is 9.43. The average Bonchev–Trinajstić information content (AvgIpc) is 2.37. The molecule has 0 saturated carbocycles. The molecule has 110 valence electrons. The second kappa shape index (κ2) is 7.84. The molecule has 0 saturated heterocycles. The Morgan fingerprint density at radius 1 is 1.40 bits per heavy atom. The number of nitrogens with one attached hydrogen (secondary N) is 1. The largest absolute Gasteiger partial charge is 0.464 e. The first kappa shape index (κ1) is 16.4. The first-order valence-corrected chi connectivity index (χ1v) is 6.96. The summed E-state index contributed by atoms with van der Waals surface area (Å²) < 4.78 is 30.8. The number of hydrogen-bond acceptors (Lipinski definition) is 4. The molecule has 7 heteroatoms. The Kier molecular flexibility index (Phi) is 6.44. The van der Waals surface area contributed by atoms with E-state index in [0.717, 1.165) is 23.9 Å². The zero-order chi connectivity index (χ0) is 15.1. The molecule has 0 aromatic heterocycles. The molecule has 0 aliphatic carbocycles. The number of ether oxygens (including phenoxy) is 1. The van der Waals surface area contributed by atoms with E-state index in [9.17, 15) is 18.4 Å². The number of benzene rings is 1. The number of carbonyl (C=O) groups is 2. The molecular weight excluding hydrogens is 288 g/mol. The van der Waals surface area contributed by atoms with Crippen molar-refractivity contribution < 1.29 is 23.1 Å². The van der Waals surface area contributed by atoms with Crippen molar-refractivity contribution >= 4 is 23.6 Å². The fourth-order valence-electron chi connectivity index (χ4n) is 1.34. The van der Waals surface area contributed by atoms with Crippen LogP contribution in [-0.4, -0.2) is 30.3 Å². The van der Waals surface area contributed by atoms with Gasteiger partial charge in [0.25, 0.3) is 0 Å². The maximum Gasteiger partial charge on any atom is 0.328 e. The molecule has 0 heterocycles. The molecule has 0 radical (unpaired) electrons. The lowest BCUT2D eigenvalue weighted by molar-refractivity contribution is -0.146. The third-order valence-corrected chi connectivity index (χ3v) is 3.32. The van der Waals surface area contributed by atoms with E-state index < -0.39 is 29.6 Å². The highest BCUT2D eigenvalue weighted by Crippen LogP contribution is 2.21. The van der Waals surface area contributed by atoms with Gasteiger partial charge in [-0.25, -0.2) is 13.6 Å². The number of halogens is 2. The van der Waals surface area contributed by atoms with Gasteiger partial charge in [0, 0.05) is 11.0 Å². The molecule has 0 aliphatic heterocycles. The van der Waals surface area contributed by atoms with E-state index in [-0.39, 0.29) is 17.3 Å². The topological polar surface area (TPSA) is 55.4 Å². The molecule has 1 N–H and O–H groups in total. The van der Waals surface area contributed by atoms with Crippen molar-refractivity contribution in [3.8, 4) is 0 Å². The van der Waals surface area contributed by atoms with Crippen LogP contribution in [0.15, 0.2) is 23.1 Å². The molecule has 20 heavy (non-hydrogen) atoms. The van der Waals surface area contributed by atoms with Crippen LogP contribution in [0, 0.1) is 11.6 Å². The molecule has 1 aromatic rings. The summed E-state index contributed by atoms with van der Waals surface area (Å²) in [6, 6.07) is 2.37. The third-order valence-electron chi connectivity index (χ3n) is 2.27. The highest BCUT2D eigenvalue weighted by Gasteiger charge is 2.16. The Morgan fingerprint density at radius 3 is 2.70 bits per heavy atom. The van der Waals surface area contributed by atoms with Crippen LogP contribution in [0.1, 0.15) is 13.8 Å². The second-order valence-electron chi connectivity index (χ2n) is 3.90. The van der Waals surface area contributed by atoms with E-state index in [0.29, 0.717) is 0 Å². The summed E-state index contributed by atoms with van der Waals surface area (Å²) in [6.45, 7) is 3.40. The zero-order valence-electron chi connectivity index (χ0n) is 11.1. The molecule has 0 fully saturated rings. The van der Waals surface area contributed by atoms with Gasteiger partial charge in [-0.05, 0) is 26.0 Å². The Balaban J connectivity index is 2.45. The van der Waals surface area contributed by atoms with Crippen molar-refractivity contribution in [2.75, 3.05) is 12.4 Å². The number of carbonyl (C=O) groups excluding carboxylic acids is 2. The highest BCUT2D eigenvalue weighted by atomic mass is 32.2. The van der Waals surface area contributed by atoms with Gasteiger partial charge in [-0.2, -0.15) is 0 Å². The molecule has 0 aliphatic rings. The fraction of sp³-hybridized carbons (Fsp3) is 0.385. The second-order valence-corrected chi connectivity index (χ2v) is 4.92. The van der Waals surface area contributed by atoms with Gasteiger partial charge >= 0.3 is 5.97 Å². The van der Waals surface area contributed by atoms with Crippen molar-refractivity contribution in [1.82, 2.24) is 5.32 Å². The van der Waals surface area contributed by atoms with Crippen molar-refractivity contribution in [2.24, 2.45) is 0 Å². The van der Waals surface area contributed by atoms with Crippen LogP contribution < -0.4 is 5.32 Å². The standard InChI is InChI=1S/C13H15F2NO3S/c1-3-19-13(18)8(2)16-12(17)7-20-11-5-4-9(14)6-10(11)15/h4-6,8H,3,7H2,1-2H3,(H,16,17). The van der Waals surface area contributed by atoms with Crippen LogP contribution in [0.2, 0.25) is 0 Å². The minimum Gasteiger partial charge on any atom is -0.464 e.